The molecule has 0 bridgehead atoms. The third-order valence-electron chi connectivity index (χ3n) is 3.85. The first-order valence-electron chi connectivity index (χ1n) is 7.65. The van der Waals surface area contributed by atoms with Gasteiger partial charge in [0.25, 0.3) is 0 Å². The van der Waals surface area contributed by atoms with E-state index >= 15 is 0 Å². The highest BCUT2D eigenvalue weighted by Crippen LogP contribution is 2.31. The van der Waals surface area contributed by atoms with Gasteiger partial charge in [-0.15, -0.1) is 0 Å². The molecule has 23 heavy (non-hydrogen) atoms. The third-order valence-corrected chi connectivity index (χ3v) is 3.85. The van der Waals surface area contributed by atoms with Crippen molar-refractivity contribution in [3.8, 4) is 11.1 Å². The molecule has 0 aliphatic rings. The molecule has 0 saturated heterocycles. The third kappa shape index (κ3) is 4.81. The molecule has 0 aromatic heterocycles. The Kier molecular flexibility index (Phi) is 5.80. The number of hydrogen-bond acceptors (Lipinski definition) is 2. The van der Waals surface area contributed by atoms with Gasteiger partial charge in [-0.25, -0.2) is 0 Å². The van der Waals surface area contributed by atoms with Gasteiger partial charge in [0, 0.05) is 6.04 Å². The SMILES string of the molecule is NCCCC[C@@H](N)c1ccc(-c2ccc(C(F)(F)F)cc2)cc1. The van der Waals surface area contributed by atoms with Crippen molar-refractivity contribution in [2.75, 3.05) is 6.54 Å². The van der Waals surface area contributed by atoms with Gasteiger partial charge in [-0.2, -0.15) is 13.2 Å². The second-order valence-corrected chi connectivity index (χ2v) is 5.59. The van der Waals surface area contributed by atoms with Gasteiger partial charge < -0.3 is 11.5 Å². The fourth-order valence-corrected chi connectivity index (χ4v) is 2.45. The molecule has 0 aliphatic heterocycles. The topological polar surface area (TPSA) is 52.0 Å². The van der Waals surface area contributed by atoms with Crippen LogP contribution in [-0.4, -0.2) is 6.54 Å². The van der Waals surface area contributed by atoms with Gasteiger partial charge in [0.1, 0.15) is 0 Å². The van der Waals surface area contributed by atoms with E-state index in [1.165, 1.54) is 12.1 Å². The number of unbranched alkanes of at least 4 members (excludes halogenated alkanes) is 1. The van der Waals surface area contributed by atoms with E-state index < -0.39 is 11.7 Å². The molecule has 0 amide bonds. The Balaban J connectivity index is 2.07. The summed E-state index contributed by atoms with van der Waals surface area (Å²) < 4.78 is 37.7. The van der Waals surface area contributed by atoms with Crippen molar-refractivity contribution >= 4 is 0 Å². The van der Waals surface area contributed by atoms with Gasteiger partial charge in [0.15, 0.2) is 0 Å². The summed E-state index contributed by atoms with van der Waals surface area (Å²) in [7, 11) is 0. The molecule has 2 nitrogen and oxygen atoms in total. The molecule has 2 aromatic carbocycles. The quantitative estimate of drug-likeness (QED) is 0.769. The molecule has 5 heteroatoms. The van der Waals surface area contributed by atoms with E-state index in [0.717, 1.165) is 48.1 Å². The van der Waals surface area contributed by atoms with Gasteiger partial charge in [0.05, 0.1) is 5.56 Å². The van der Waals surface area contributed by atoms with E-state index in [1.807, 2.05) is 24.3 Å². The maximum Gasteiger partial charge on any atom is 0.416 e. The van der Waals surface area contributed by atoms with Gasteiger partial charge in [0.2, 0.25) is 0 Å². The Hall–Kier alpha value is -1.85. The summed E-state index contributed by atoms with van der Waals surface area (Å²) in [4.78, 5) is 0. The number of hydrogen-bond donors (Lipinski definition) is 2. The summed E-state index contributed by atoms with van der Waals surface area (Å²) in [6, 6.07) is 12.8. The van der Waals surface area contributed by atoms with Crippen LogP contribution in [0.15, 0.2) is 48.5 Å². The van der Waals surface area contributed by atoms with E-state index in [4.69, 9.17) is 11.5 Å². The van der Waals surface area contributed by atoms with E-state index in [2.05, 4.69) is 0 Å². The predicted octanol–water partition coefficient (Wildman–Crippen LogP) is 4.50. The second-order valence-electron chi connectivity index (χ2n) is 5.59. The molecule has 124 valence electrons. The van der Waals surface area contributed by atoms with E-state index in [-0.39, 0.29) is 6.04 Å². The van der Waals surface area contributed by atoms with Crippen molar-refractivity contribution in [3.05, 3.63) is 59.7 Å². The molecule has 0 radical (unpaired) electrons. The average molecular weight is 322 g/mol. The first-order valence-corrected chi connectivity index (χ1v) is 7.65. The summed E-state index contributed by atoms with van der Waals surface area (Å²) in [5.74, 6) is 0. The molecular weight excluding hydrogens is 301 g/mol. The first kappa shape index (κ1) is 17.5. The second kappa shape index (κ2) is 7.62. The molecule has 0 aliphatic carbocycles. The summed E-state index contributed by atoms with van der Waals surface area (Å²) in [5, 5.41) is 0. The van der Waals surface area contributed by atoms with Crippen LogP contribution < -0.4 is 11.5 Å². The minimum absolute atomic E-state index is 0.0387. The molecule has 4 N–H and O–H groups in total. The Morgan fingerprint density at radius 3 is 1.83 bits per heavy atom. The highest BCUT2D eigenvalue weighted by molar-refractivity contribution is 5.64. The summed E-state index contributed by atoms with van der Waals surface area (Å²) in [6.45, 7) is 0.666. The van der Waals surface area contributed by atoms with Gasteiger partial charge in [-0.1, -0.05) is 42.8 Å². The van der Waals surface area contributed by atoms with E-state index in [9.17, 15) is 13.2 Å². The lowest BCUT2D eigenvalue weighted by molar-refractivity contribution is -0.137. The molecule has 0 saturated carbocycles. The van der Waals surface area contributed by atoms with Crippen molar-refractivity contribution in [1.29, 1.82) is 0 Å². The summed E-state index contributed by atoms with van der Waals surface area (Å²) in [5.41, 5.74) is 13.6. The highest BCUT2D eigenvalue weighted by Gasteiger charge is 2.29. The van der Waals surface area contributed by atoms with Crippen LogP contribution in [0.4, 0.5) is 13.2 Å². The summed E-state index contributed by atoms with van der Waals surface area (Å²) in [6.07, 6.45) is -1.49. The number of nitrogens with two attached hydrogens (primary N) is 2. The number of benzene rings is 2. The maximum atomic E-state index is 12.6. The fraction of sp³-hybridized carbons (Fsp3) is 0.333. The van der Waals surface area contributed by atoms with Crippen molar-refractivity contribution in [1.82, 2.24) is 0 Å². The lowest BCUT2D eigenvalue weighted by atomic mass is 9.98. The van der Waals surface area contributed by atoms with Crippen LogP contribution in [0.5, 0.6) is 0 Å². The van der Waals surface area contributed by atoms with Crippen LogP contribution in [0, 0.1) is 0 Å². The molecule has 1 atom stereocenters. The van der Waals surface area contributed by atoms with Crippen LogP contribution in [0.2, 0.25) is 0 Å². The number of alkyl halides is 3. The van der Waals surface area contributed by atoms with Crippen LogP contribution >= 0.6 is 0 Å². The molecule has 2 rings (SSSR count). The van der Waals surface area contributed by atoms with Crippen molar-refractivity contribution in [2.45, 2.75) is 31.5 Å². The average Bonchev–Trinajstić information content (AvgIpc) is 2.54. The van der Waals surface area contributed by atoms with Crippen molar-refractivity contribution in [3.63, 3.8) is 0 Å². The first-order chi connectivity index (χ1) is 10.9. The molecule has 2 aromatic rings. The van der Waals surface area contributed by atoms with E-state index in [0.29, 0.717) is 6.54 Å². The number of halogens is 3. The number of rotatable bonds is 6. The molecule has 0 heterocycles. The van der Waals surface area contributed by atoms with Crippen LogP contribution in [-0.2, 0) is 6.18 Å². The van der Waals surface area contributed by atoms with Crippen LogP contribution in [0.3, 0.4) is 0 Å². The minimum Gasteiger partial charge on any atom is -0.330 e. The zero-order valence-corrected chi connectivity index (χ0v) is 12.8. The largest absolute Gasteiger partial charge is 0.416 e. The van der Waals surface area contributed by atoms with Gasteiger partial charge in [-0.3, -0.25) is 0 Å². The molecule has 0 fully saturated rings. The molecule has 0 unspecified atom stereocenters. The van der Waals surface area contributed by atoms with Crippen molar-refractivity contribution < 1.29 is 13.2 Å². The Morgan fingerprint density at radius 1 is 0.826 bits per heavy atom. The van der Waals surface area contributed by atoms with Gasteiger partial charge >= 0.3 is 6.18 Å². The molecule has 0 spiro atoms. The fourth-order valence-electron chi connectivity index (χ4n) is 2.45. The Labute approximate surface area is 134 Å². The lowest BCUT2D eigenvalue weighted by Gasteiger charge is -2.13. The van der Waals surface area contributed by atoms with Gasteiger partial charge in [-0.05, 0) is 48.2 Å². The highest BCUT2D eigenvalue weighted by atomic mass is 19.4. The Bertz CT molecular complexity index is 604. The minimum atomic E-state index is -4.31. The maximum absolute atomic E-state index is 12.6. The zero-order chi connectivity index (χ0) is 16.9. The standard InChI is InChI=1S/C18H21F3N2/c19-18(20,21)16-10-8-14(9-11-16)13-4-6-15(7-5-13)17(23)3-1-2-12-22/h4-11,17H,1-3,12,22-23H2/t17-/m1/s1. The lowest BCUT2D eigenvalue weighted by Crippen LogP contribution is -2.11. The predicted molar refractivity (Wildman–Crippen MR) is 86.7 cm³/mol. The summed E-state index contributed by atoms with van der Waals surface area (Å²) >= 11 is 0. The Morgan fingerprint density at radius 2 is 1.35 bits per heavy atom. The smallest absolute Gasteiger partial charge is 0.330 e. The monoisotopic (exact) mass is 322 g/mol. The van der Waals surface area contributed by atoms with E-state index in [1.54, 1.807) is 0 Å². The normalized spacial score (nSPS) is 13.1. The van der Waals surface area contributed by atoms with Crippen LogP contribution in [0.25, 0.3) is 11.1 Å². The molecular formula is C18H21F3N2. The van der Waals surface area contributed by atoms with Crippen molar-refractivity contribution in [2.24, 2.45) is 11.5 Å². The van der Waals surface area contributed by atoms with Crippen LogP contribution in [0.1, 0.15) is 36.4 Å². The zero-order valence-electron chi connectivity index (χ0n) is 12.8.